The first-order valence-electron chi connectivity index (χ1n) is 3.60. The van der Waals surface area contributed by atoms with E-state index >= 15 is 0 Å². The molecule has 78 valence electrons. The molecule has 0 atom stereocenters. The first kappa shape index (κ1) is 10.5. The number of aromatic amines is 1. The molecule has 2 N–H and O–H groups in total. The number of anilines is 1. The van der Waals surface area contributed by atoms with Crippen molar-refractivity contribution in [1.29, 1.82) is 0 Å². The fraction of sp³-hybridized carbons (Fsp3) is 0.333. The minimum atomic E-state index is -3.71. The molecule has 0 fully saturated rings. The molecule has 1 aromatic rings. The van der Waals surface area contributed by atoms with Crippen molar-refractivity contribution >= 4 is 21.8 Å². The van der Waals surface area contributed by atoms with E-state index in [9.17, 15) is 13.2 Å². The number of carbonyl (C=O) groups excluding carboxylic acids is 1. The van der Waals surface area contributed by atoms with Crippen LogP contribution in [0.15, 0.2) is 12.3 Å². The summed E-state index contributed by atoms with van der Waals surface area (Å²) in [5.41, 5.74) is 0. The fourth-order valence-electron chi connectivity index (χ4n) is 0.730. The van der Waals surface area contributed by atoms with Crippen LogP contribution in [-0.2, 0) is 19.6 Å². The topological polar surface area (TPSA) is 101 Å². The Kier molecular flexibility index (Phi) is 3.07. The monoisotopic (exact) mass is 219 g/mol. The summed E-state index contributed by atoms with van der Waals surface area (Å²) in [4.78, 5) is 10.7. The van der Waals surface area contributed by atoms with Crippen molar-refractivity contribution in [2.24, 2.45) is 0 Å². The van der Waals surface area contributed by atoms with Gasteiger partial charge in [-0.1, -0.05) is 0 Å². The zero-order valence-electron chi connectivity index (χ0n) is 7.35. The molecule has 14 heavy (non-hydrogen) atoms. The van der Waals surface area contributed by atoms with E-state index in [-0.39, 0.29) is 5.82 Å². The third kappa shape index (κ3) is 3.05. The van der Waals surface area contributed by atoms with Gasteiger partial charge < -0.3 is 4.74 Å². The van der Waals surface area contributed by atoms with E-state index in [0.29, 0.717) is 0 Å². The summed E-state index contributed by atoms with van der Waals surface area (Å²) in [5.74, 6) is -1.34. The summed E-state index contributed by atoms with van der Waals surface area (Å²) >= 11 is 0. The second kappa shape index (κ2) is 4.09. The van der Waals surface area contributed by atoms with Gasteiger partial charge in [-0.15, -0.1) is 0 Å². The zero-order chi connectivity index (χ0) is 10.6. The van der Waals surface area contributed by atoms with Crippen molar-refractivity contribution in [2.75, 3.05) is 17.6 Å². The molecule has 0 amide bonds. The first-order valence-corrected chi connectivity index (χ1v) is 5.25. The van der Waals surface area contributed by atoms with Gasteiger partial charge in [0.05, 0.1) is 13.3 Å². The molecule has 1 rings (SSSR count). The SMILES string of the molecule is COC(=O)CS(=O)(=O)Nc1ccn[nH]1. The third-order valence-corrected chi connectivity index (χ3v) is 2.45. The molecule has 8 heteroatoms. The normalized spacial score (nSPS) is 10.9. The number of methoxy groups -OCH3 is 1. The number of hydrogen-bond donors (Lipinski definition) is 2. The quantitative estimate of drug-likeness (QED) is 0.653. The van der Waals surface area contributed by atoms with Crippen molar-refractivity contribution in [3.8, 4) is 0 Å². The molecule has 1 aromatic heterocycles. The third-order valence-electron chi connectivity index (χ3n) is 1.30. The van der Waals surface area contributed by atoms with E-state index in [2.05, 4.69) is 19.7 Å². The summed E-state index contributed by atoms with van der Waals surface area (Å²) in [6.07, 6.45) is 1.38. The maximum atomic E-state index is 11.2. The van der Waals surface area contributed by atoms with E-state index in [4.69, 9.17) is 0 Å². The van der Waals surface area contributed by atoms with E-state index in [1.807, 2.05) is 0 Å². The Labute approximate surface area is 80.5 Å². The van der Waals surface area contributed by atoms with Gasteiger partial charge in [0.1, 0.15) is 5.82 Å². The van der Waals surface area contributed by atoms with Crippen LogP contribution in [0.1, 0.15) is 0 Å². The summed E-state index contributed by atoms with van der Waals surface area (Å²) in [7, 11) is -2.59. The van der Waals surface area contributed by atoms with Crippen molar-refractivity contribution in [2.45, 2.75) is 0 Å². The molecular formula is C6H9N3O4S. The molecule has 7 nitrogen and oxygen atoms in total. The standard InChI is InChI=1S/C6H9N3O4S/c1-13-6(10)4-14(11,12)9-5-2-3-7-8-5/h2-3H,4H2,1H3,(H2,7,8,9). The van der Waals surface area contributed by atoms with Crippen LogP contribution in [0.4, 0.5) is 5.82 Å². The number of rotatable bonds is 4. The minimum absolute atomic E-state index is 0.203. The summed E-state index contributed by atoms with van der Waals surface area (Å²) < 4.78 is 28.8. The molecule has 0 spiro atoms. The van der Waals surface area contributed by atoms with Crippen LogP contribution >= 0.6 is 0 Å². The van der Waals surface area contributed by atoms with Gasteiger partial charge >= 0.3 is 5.97 Å². The number of carbonyl (C=O) groups is 1. The lowest BCUT2D eigenvalue weighted by Crippen LogP contribution is -2.23. The average Bonchev–Trinajstić information content (AvgIpc) is 2.54. The predicted octanol–water partition coefficient (Wildman–Crippen LogP) is -0.676. The number of aromatic nitrogens is 2. The van der Waals surface area contributed by atoms with Crippen molar-refractivity contribution in [3.63, 3.8) is 0 Å². The molecule has 0 aliphatic carbocycles. The smallest absolute Gasteiger partial charge is 0.322 e. The molecule has 0 radical (unpaired) electrons. The number of H-pyrrole nitrogens is 1. The van der Waals surface area contributed by atoms with Crippen LogP contribution in [0, 0.1) is 0 Å². The van der Waals surface area contributed by atoms with E-state index in [1.165, 1.54) is 12.3 Å². The van der Waals surface area contributed by atoms with Gasteiger partial charge in [-0.05, 0) is 0 Å². The van der Waals surface area contributed by atoms with E-state index in [1.54, 1.807) is 0 Å². The lowest BCUT2D eigenvalue weighted by molar-refractivity contribution is -0.137. The number of ether oxygens (including phenoxy) is 1. The maximum absolute atomic E-state index is 11.2. The number of nitrogens with zero attached hydrogens (tertiary/aromatic N) is 1. The van der Waals surface area contributed by atoms with Gasteiger partial charge in [0.25, 0.3) is 0 Å². The number of sulfonamides is 1. The minimum Gasteiger partial charge on any atom is -0.468 e. The lowest BCUT2D eigenvalue weighted by Gasteiger charge is -2.03. The largest absolute Gasteiger partial charge is 0.468 e. The summed E-state index contributed by atoms with van der Waals surface area (Å²) in [6, 6.07) is 1.43. The highest BCUT2D eigenvalue weighted by molar-refractivity contribution is 7.93. The predicted molar refractivity (Wildman–Crippen MR) is 48.0 cm³/mol. The van der Waals surface area contributed by atoms with Gasteiger partial charge in [0.2, 0.25) is 10.0 Å². The summed E-state index contributed by atoms with van der Waals surface area (Å²) in [5, 5.41) is 5.93. The second-order valence-corrected chi connectivity index (χ2v) is 4.13. The van der Waals surface area contributed by atoms with Crippen LogP contribution in [0.2, 0.25) is 0 Å². The van der Waals surface area contributed by atoms with Crippen LogP contribution in [-0.4, -0.2) is 37.4 Å². The van der Waals surface area contributed by atoms with Crippen LogP contribution in [0.3, 0.4) is 0 Å². The highest BCUT2D eigenvalue weighted by atomic mass is 32.2. The summed E-state index contributed by atoms with van der Waals surface area (Å²) in [6.45, 7) is 0. The maximum Gasteiger partial charge on any atom is 0.322 e. The van der Waals surface area contributed by atoms with Gasteiger partial charge in [-0.3, -0.25) is 14.6 Å². The first-order chi connectivity index (χ1) is 6.53. The van der Waals surface area contributed by atoms with Crippen LogP contribution in [0.5, 0.6) is 0 Å². The van der Waals surface area contributed by atoms with Gasteiger partial charge in [-0.2, -0.15) is 5.10 Å². The van der Waals surface area contributed by atoms with Gasteiger partial charge in [0.15, 0.2) is 5.75 Å². The molecule has 0 saturated heterocycles. The van der Waals surface area contributed by atoms with E-state index in [0.717, 1.165) is 7.11 Å². The average molecular weight is 219 g/mol. The Balaban J connectivity index is 2.64. The van der Waals surface area contributed by atoms with Gasteiger partial charge in [0, 0.05) is 6.07 Å². The highest BCUT2D eigenvalue weighted by Crippen LogP contribution is 2.02. The second-order valence-electron chi connectivity index (χ2n) is 2.41. The number of nitrogens with one attached hydrogen (secondary N) is 2. The van der Waals surface area contributed by atoms with Crippen LogP contribution in [0.25, 0.3) is 0 Å². The van der Waals surface area contributed by atoms with Gasteiger partial charge in [-0.25, -0.2) is 8.42 Å². The molecule has 0 aliphatic rings. The number of esters is 1. The Morgan fingerprint density at radius 2 is 2.43 bits per heavy atom. The molecule has 0 saturated carbocycles. The molecule has 1 heterocycles. The Hall–Kier alpha value is -1.57. The van der Waals surface area contributed by atoms with Crippen molar-refractivity contribution in [3.05, 3.63) is 12.3 Å². The molecule has 0 bridgehead atoms. The highest BCUT2D eigenvalue weighted by Gasteiger charge is 2.16. The Morgan fingerprint density at radius 1 is 1.71 bits per heavy atom. The van der Waals surface area contributed by atoms with E-state index < -0.39 is 21.7 Å². The van der Waals surface area contributed by atoms with Crippen molar-refractivity contribution in [1.82, 2.24) is 10.2 Å². The molecule has 0 aliphatic heterocycles. The Morgan fingerprint density at radius 3 is 2.93 bits per heavy atom. The lowest BCUT2D eigenvalue weighted by atomic mass is 10.7. The molecular weight excluding hydrogens is 210 g/mol. The fourth-order valence-corrected chi connectivity index (χ4v) is 1.68. The Bertz CT molecular complexity index is 397. The van der Waals surface area contributed by atoms with Crippen molar-refractivity contribution < 1.29 is 17.9 Å². The zero-order valence-corrected chi connectivity index (χ0v) is 8.17. The number of hydrogen-bond acceptors (Lipinski definition) is 5. The van der Waals surface area contributed by atoms with Crippen LogP contribution < -0.4 is 4.72 Å². The molecule has 0 aromatic carbocycles. The molecule has 0 unspecified atom stereocenters.